The molecule has 0 fully saturated rings. The van der Waals surface area contributed by atoms with Crippen LogP contribution in [0.15, 0.2) is 36.4 Å². The highest BCUT2D eigenvalue weighted by Gasteiger charge is 2.24. The molecule has 2 aromatic carbocycles. The summed E-state index contributed by atoms with van der Waals surface area (Å²) < 4.78 is 16.4. The number of hydrogen-bond donors (Lipinski definition) is 0. The first kappa shape index (κ1) is 20.4. The van der Waals surface area contributed by atoms with Gasteiger partial charge in [-0.1, -0.05) is 29.3 Å². The average Bonchev–Trinajstić information content (AvgIpc) is 2.74. The number of hydrogen-bond acceptors (Lipinski definition) is 4. The predicted octanol–water partition coefficient (Wildman–Crippen LogP) is 4.95. The topological polar surface area (TPSA) is 48.0 Å². The Labute approximate surface area is 174 Å². The van der Waals surface area contributed by atoms with Gasteiger partial charge in [-0.2, -0.15) is 0 Å². The molecule has 148 valence electrons. The lowest BCUT2D eigenvalue weighted by atomic mass is 9.96. The normalized spacial score (nSPS) is 13.8. The molecule has 0 atom stereocenters. The zero-order chi connectivity index (χ0) is 20.3. The molecule has 1 amide bonds. The number of rotatable bonds is 5. The Kier molecular flexibility index (Phi) is 6.37. The van der Waals surface area contributed by atoms with E-state index in [1.165, 1.54) is 0 Å². The zero-order valence-electron chi connectivity index (χ0n) is 15.9. The largest absolute Gasteiger partial charge is 0.496 e. The van der Waals surface area contributed by atoms with Crippen LogP contribution in [0.5, 0.6) is 17.2 Å². The van der Waals surface area contributed by atoms with E-state index in [0.717, 1.165) is 11.1 Å². The number of ether oxygens (including phenoxy) is 3. The van der Waals surface area contributed by atoms with Gasteiger partial charge in [0.2, 0.25) is 0 Å². The first-order valence-corrected chi connectivity index (χ1v) is 9.47. The minimum Gasteiger partial charge on any atom is -0.496 e. The van der Waals surface area contributed by atoms with Crippen LogP contribution in [-0.2, 0) is 0 Å². The third kappa shape index (κ3) is 4.05. The number of nitrogens with zero attached hydrogens (tertiary/aromatic N) is 1. The van der Waals surface area contributed by atoms with Gasteiger partial charge in [0.25, 0.3) is 5.91 Å². The lowest BCUT2D eigenvalue weighted by Crippen LogP contribution is -2.34. The van der Waals surface area contributed by atoms with Crippen LogP contribution in [0.3, 0.4) is 0 Å². The minimum absolute atomic E-state index is 0.142. The van der Waals surface area contributed by atoms with Crippen LogP contribution in [0.4, 0.5) is 0 Å². The number of amides is 1. The van der Waals surface area contributed by atoms with Crippen molar-refractivity contribution in [3.05, 3.63) is 57.6 Å². The molecule has 0 bridgehead atoms. The molecule has 0 saturated carbocycles. The van der Waals surface area contributed by atoms with Crippen LogP contribution in [0.25, 0.3) is 5.57 Å². The standard InChI is InChI=1S/C21H21Cl2NO4/c1-26-15-11-18(27-2)20(19(12-15)28-3)13-6-8-24(9-7-13)21(25)16-10-14(22)4-5-17(16)23/h4-6,10-12H,7-9H2,1-3H3. The molecule has 0 radical (unpaired) electrons. The Morgan fingerprint density at radius 2 is 1.68 bits per heavy atom. The minimum atomic E-state index is -0.142. The highest BCUT2D eigenvalue weighted by molar-refractivity contribution is 6.35. The molecular formula is C21H21Cl2NO4. The zero-order valence-corrected chi connectivity index (χ0v) is 17.4. The molecule has 0 aromatic heterocycles. The molecule has 1 aliphatic rings. The van der Waals surface area contributed by atoms with E-state index < -0.39 is 0 Å². The summed E-state index contributed by atoms with van der Waals surface area (Å²) in [4.78, 5) is 14.6. The molecule has 1 heterocycles. The maximum atomic E-state index is 12.8. The quantitative estimate of drug-likeness (QED) is 0.684. The Morgan fingerprint density at radius 3 is 2.21 bits per heavy atom. The van der Waals surface area contributed by atoms with Gasteiger partial charge in [-0.15, -0.1) is 0 Å². The summed E-state index contributed by atoms with van der Waals surface area (Å²) in [6.07, 6.45) is 2.66. The summed E-state index contributed by atoms with van der Waals surface area (Å²) in [5.41, 5.74) is 2.34. The Hall–Kier alpha value is -2.37. The number of carbonyl (C=O) groups is 1. The van der Waals surface area contributed by atoms with Crippen molar-refractivity contribution in [3.63, 3.8) is 0 Å². The van der Waals surface area contributed by atoms with Crippen LogP contribution in [0, 0.1) is 0 Å². The van der Waals surface area contributed by atoms with E-state index in [2.05, 4.69) is 0 Å². The molecule has 0 N–H and O–H groups in total. The van der Waals surface area contributed by atoms with E-state index >= 15 is 0 Å². The van der Waals surface area contributed by atoms with E-state index in [1.54, 1.807) is 44.4 Å². The summed E-state index contributed by atoms with van der Waals surface area (Å²) >= 11 is 12.2. The molecule has 7 heteroatoms. The molecule has 0 spiro atoms. The van der Waals surface area contributed by atoms with Gasteiger partial charge in [-0.05, 0) is 30.2 Å². The van der Waals surface area contributed by atoms with Crippen molar-refractivity contribution in [2.24, 2.45) is 0 Å². The molecule has 0 unspecified atom stereocenters. The third-order valence-corrected chi connectivity index (χ3v) is 5.26. The fraction of sp³-hybridized carbons (Fsp3) is 0.286. The van der Waals surface area contributed by atoms with Crippen LogP contribution in [0.1, 0.15) is 22.3 Å². The number of benzene rings is 2. The van der Waals surface area contributed by atoms with E-state index in [-0.39, 0.29) is 5.91 Å². The number of carbonyl (C=O) groups excluding carboxylic acids is 1. The van der Waals surface area contributed by atoms with Crippen molar-refractivity contribution in [2.45, 2.75) is 6.42 Å². The predicted molar refractivity (Wildman–Crippen MR) is 111 cm³/mol. The van der Waals surface area contributed by atoms with E-state index in [1.807, 2.05) is 18.2 Å². The summed E-state index contributed by atoms with van der Waals surface area (Å²) in [5.74, 6) is 1.85. The van der Waals surface area contributed by atoms with Crippen LogP contribution in [-0.4, -0.2) is 45.2 Å². The molecule has 2 aromatic rings. The van der Waals surface area contributed by atoms with Gasteiger partial charge in [0, 0.05) is 30.2 Å². The van der Waals surface area contributed by atoms with Gasteiger partial charge < -0.3 is 19.1 Å². The van der Waals surface area contributed by atoms with Crippen molar-refractivity contribution in [1.29, 1.82) is 0 Å². The van der Waals surface area contributed by atoms with Gasteiger partial charge >= 0.3 is 0 Å². The van der Waals surface area contributed by atoms with Crippen molar-refractivity contribution in [2.75, 3.05) is 34.4 Å². The van der Waals surface area contributed by atoms with Crippen molar-refractivity contribution >= 4 is 34.7 Å². The molecule has 1 aliphatic heterocycles. The van der Waals surface area contributed by atoms with Gasteiger partial charge in [0.15, 0.2) is 0 Å². The molecule has 3 rings (SSSR count). The van der Waals surface area contributed by atoms with E-state index in [4.69, 9.17) is 37.4 Å². The maximum absolute atomic E-state index is 12.8. The van der Waals surface area contributed by atoms with Crippen molar-refractivity contribution in [3.8, 4) is 17.2 Å². The first-order chi connectivity index (χ1) is 13.5. The second kappa shape index (κ2) is 8.76. The first-order valence-electron chi connectivity index (χ1n) is 8.72. The van der Waals surface area contributed by atoms with E-state index in [0.29, 0.717) is 52.4 Å². The van der Waals surface area contributed by atoms with Crippen LogP contribution < -0.4 is 14.2 Å². The Morgan fingerprint density at radius 1 is 1.00 bits per heavy atom. The Balaban J connectivity index is 1.88. The van der Waals surface area contributed by atoms with Crippen LogP contribution >= 0.6 is 23.2 Å². The summed E-state index contributed by atoms with van der Waals surface area (Å²) in [5, 5.41) is 0.872. The highest BCUT2D eigenvalue weighted by atomic mass is 35.5. The fourth-order valence-electron chi connectivity index (χ4n) is 3.23. The maximum Gasteiger partial charge on any atom is 0.255 e. The van der Waals surface area contributed by atoms with E-state index in [9.17, 15) is 4.79 Å². The molecule has 5 nitrogen and oxygen atoms in total. The smallest absolute Gasteiger partial charge is 0.255 e. The van der Waals surface area contributed by atoms with Gasteiger partial charge in [-0.25, -0.2) is 0 Å². The number of halogens is 2. The van der Waals surface area contributed by atoms with Crippen molar-refractivity contribution < 1.29 is 19.0 Å². The van der Waals surface area contributed by atoms with Crippen LogP contribution in [0.2, 0.25) is 10.0 Å². The average molecular weight is 422 g/mol. The second-order valence-electron chi connectivity index (χ2n) is 6.26. The number of methoxy groups -OCH3 is 3. The Bertz CT molecular complexity index is 902. The molecular weight excluding hydrogens is 401 g/mol. The molecule has 0 saturated heterocycles. The summed E-state index contributed by atoms with van der Waals surface area (Å²) in [6, 6.07) is 8.54. The van der Waals surface area contributed by atoms with Gasteiger partial charge in [-0.3, -0.25) is 4.79 Å². The highest BCUT2D eigenvalue weighted by Crippen LogP contribution is 2.41. The lowest BCUT2D eigenvalue weighted by Gasteiger charge is -2.28. The molecule has 0 aliphatic carbocycles. The lowest BCUT2D eigenvalue weighted by molar-refractivity contribution is 0.0773. The monoisotopic (exact) mass is 421 g/mol. The third-order valence-electron chi connectivity index (χ3n) is 4.69. The second-order valence-corrected chi connectivity index (χ2v) is 7.11. The van der Waals surface area contributed by atoms with Gasteiger partial charge in [0.05, 0.1) is 37.5 Å². The van der Waals surface area contributed by atoms with Crippen molar-refractivity contribution in [1.82, 2.24) is 4.90 Å². The SMILES string of the molecule is COc1cc(OC)c(C2=CCN(C(=O)c3cc(Cl)ccc3Cl)CC2)c(OC)c1. The summed E-state index contributed by atoms with van der Waals surface area (Å²) in [7, 11) is 4.81. The summed E-state index contributed by atoms with van der Waals surface area (Å²) in [6.45, 7) is 1.00. The fourth-order valence-corrected chi connectivity index (χ4v) is 3.61. The molecule has 28 heavy (non-hydrogen) atoms. The van der Waals surface area contributed by atoms with Gasteiger partial charge in [0.1, 0.15) is 17.2 Å².